The summed E-state index contributed by atoms with van der Waals surface area (Å²) in [7, 11) is 0. The molecule has 0 aliphatic rings. The Balaban J connectivity index is 2.68. The highest BCUT2D eigenvalue weighted by atomic mass is 79.9. The van der Waals surface area contributed by atoms with Crippen LogP contribution in [0.2, 0.25) is 0 Å². The highest BCUT2D eigenvalue weighted by molar-refractivity contribution is 9.24. The van der Waals surface area contributed by atoms with Crippen LogP contribution in [0.25, 0.3) is 0 Å². The van der Waals surface area contributed by atoms with Crippen LogP contribution in [-0.2, 0) is 4.74 Å². The van der Waals surface area contributed by atoms with Crippen molar-refractivity contribution in [3.63, 3.8) is 0 Å². The molecule has 0 aromatic heterocycles. The normalized spacial score (nSPS) is 10.3. The Hall–Kier alpha value is 0.920. The molecule has 0 aliphatic heterocycles. The van der Waals surface area contributed by atoms with Crippen LogP contribution in [0.15, 0.2) is 0 Å². The molecule has 0 spiro atoms. The summed E-state index contributed by atoms with van der Waals surface area (Å²) in [5, 5.41) is 0. The minimum atomic E-state index is 0.0277. The zero-order chi connectivity index (χ0) is 5.70. The van der Waals surface area contributed by atoms with Crippen molar-refractivity contribution >= 4 is 31.9 Å². The van der Waals surface area contributed by atoms with Gasteiger partial charge in [-0.1, -0.05) is 6.92 Å². The van der Waals surface area contributed by atoms with Gasteiger partial charge in [0.15, 0.2) is 3.92 Å². The first-order valence-electron chi connectivity index (χ1n) is 2.17. The average molecular weight is 232 g/mol. The van der Waals surface area contributed by atoms with E-state index >= 15 is 0 Å². The van der Waals surface area contributed by atoms with Crippen LogP contribution in [0.3, 0.4) is 0 Å². The van der Waals surface area contributed by atoms with E-state index in [0.717, 1.165) is 13.0 Å². The Morgan fingerprint density at radius 1 is 1.57 bits per heavy atom. The van der Waals surface area contributed by atoms with Gasteiger partial charge in [-0.25, -0.2) is 0 Å². The standard InChI is InChI=1S/C4H8Br2O/c1-2-3-7-4(5)6/h4H,2-3H2,1H3. The van der Waals surface area contributed by atoms with Gasteiger partial charge in [0.05, 0.1) is 0 Å². The number of ether oxygens (including phenoxy) is 1. The van der Waals surface area contributed by atoms with Gasteiger partial charge in [0.1, 0.15) is 0 Å². The number of hydrogen-bond acceptors (Lipinski definition) is 1. The lowest BCUT2D eigenvalue weighted by Gasteiger charge is -1.99. The number of hydrogen-bond donors (Lipinski definition) is 0. The van der Waals surface area contributed by atoms with Crippen LogP contribution in [0.5, 0.6) is 0 Å². The topological polar surface area (TPSA) is 9.23 Å². The van der Waals surface area contributed by atoms with Gasteiger partial charge in [-0.15, -0.1) is 0 Å². The Labute approximate surface area is 60.7 Å². The van der Waals surface area contributed by atoms with E-state index < -0.39 is 0 Å². The fraction of sp³-hybridized carbons (Fsp3) is 1.00. The zero-order valence-corrected chi connectivity index (χ0v) is 7.33. The van der Waals surface area contributed by atoms with E-state index in [2.05, 4.69) is 38.8 Å². The van der Waals surface area contributed by atoms with E-state index in [9.17, 15) is 0 Å². The van der Waals surface area contributed by atoms with Gasteiger partial charge in [-0.3, -0.25) is 0 Å². The Morgan fingerprint density at radius 3 is 2.29 bits per heavy atom. The van der Waals surface area contributed by atoms with E-state index in [0.29, 0.717) is 0 Å². The van der Waals surface area contributed by atoms with Gasteiger partial charge < -0.3 is 4.74 Å². The summed E-state index contributed by atoms with van der Waals surface area (Å²) in [4.78, 5) is 0. The molecule has 0 aromatic carbocycles. The van der Waals surface area contributed by atoms with Crippen LogP contribution in [0, 0.1) is 0 Å². The monoisotopic (exact) mass is 230 g/mol. The predicted molar refractivity (Wildman–Crippen MR) is 37.9 cm³/mol. The first kappa shape index (κ1) is 7.92. The molecule has 0 unspecified atom stereocenters. The van der Waals surface area contributed by atoms with Gasteiger partial charge in [-0.05, 0) is 38.3 Å². The quantitative estimate of drug-likeness (QED) is 0.679. The van der Waals surface area contributed by atoms with Crippen molar-refractivity contribution in [2.24, 2.45) is 0 Å². The first-order chi connectivity index (χ1) is 3.27. The molecule has 0 aliphatic carbocycles. The third kappa shape index (κ3) is 6.92. The Morgan fingerprint density at radius 2 is 2.14 bits per heavy atom. The molecule has 3 heteroatoms. The lowest BCUT2D eigenvalue weighted by Crippen LogP contribution is -1.94. The zero-order valence-electron chi connectivity index (χ0n) is 4.16. The lowest BCUT2D eigenvalue weighted by atomic mass is 10.5. The molecule has 0 amide bonds. The van der Waals surface area contributed by atoms with E-state index in [-0.39, 0.29) is 3.92 Å². The van der Waals surface area contributed by atoms with E-state index in [1.807, 2.05) is 0 Å². The van der Waals surface area contributed by atoms with Crippen LogP contribution < -0.4 is 0 Å². The van der Waals surface area contributed by atoms with Crippen LogP contribution in [0.4, 0.5) is 0 Å². The fourth-order valence-electron chi connectivity index (χ4n) is 0.207. The third-order valence-corrected chi connectivity index (χ3v) is 0.977. The predicted octanol–water partition coefficient (Wildman–Crippen LogP) is 2.49. The van der Waals surface area contributed by atoms with Gasteiger partial charge in [0.2, 0.25) is 0 Å². The van der Waals surface area contributed by atoms with Crippen molar-refractivity contribution in [3.05, 3.63) is 0 Å². The first-order valence-corrected chi connectivity index (χ1v) is 4.00. The highest BCUT2D eigenvalue weighted by Crippen LogP contribution is 2.08. The lowest BCUT2D eigenvalue weighted by molar-refractivity contribution is 0.171. The molecule has 1 nitrogen and oxygen atoms in total. The van der Waals surface area contributed by atoms with Crippen molar-refractivity contribution in [3.8, 4) is 0 Å². The summed E-state index contributed by atoms with van der Waals surface area (Å²) in [5.74, 6) is 0. The third-order valence-electron chi connectivity index (χ3n) is 0.448. The van der Waals surface area contributed by atoms with E-state index in [1.54, 1.807) is 0 Å². The molecule has 0 saturated carbocycles. The SMILES string of the molecule is CCCOC(Br)Br. The second-order valence-corrected chi connectivity index (χ2v) is 4.02. The van der Waals surface area contributed by atoms with Gasteiger partial charge in [0, 0.05) is 6.61 Å². The molecule has 0 heterocycles. The minimum absolute atomic E-state index is 0.0277. The molecule has 0 fully saturated rings. The molecule has 0 aromatic rings. The van der Waals surface area contributed by atoms with Gasteiger partial charge in [-0.2, -0.15) is 0 Å². The summed E-state index contributed by atoms with van der Waals surface area (Å²) in [6.45, 7) is 2.88. The fourth-order valence-corrected chi connectivity index (χ4v) is 0.581. The van der Waals surface area contributed by atoms with Crippen LogP contribution in [0.1, 0.15) is 13.3 Å². The van der Waals surface area contributed by atoms with Crippen molar-refractivity contribution in [2.75, 3.05) is 6.61 Å². The van der Waals surface area contributed by atoms with Crippen molar-refractivity contribution in [2.45, 2.75) is 17.3 Å². The molecule has 7 heavy (non-hydrogen) atoms. The number of halogens is 2. The number of alkyl halides is 2. The van der Waals surface area contributed by atoms with E-state index in [1.165, 1.54) is 0 Å². The molecule has 44 valence electrons. The van der Waals surface area contributed by atoms with Crippen molar-refractivity contribution < 1.29 is 4.74 Å². The van der Waals surface area contributed by atoms with Gasteiger partial charge in [0.25, 0.3) is 0 Å². The van der Waals surface area contributed by atoms with Gasteiger partial charge >= 0.3 is 0 Å². The molecule has 0 bridgehead atoms. The molecule has 0 rings (SSSR count). The molecule has 0 saturated heterocycles. The number of rotatable bonds is 3. The second kappa shape index (κ2) is 5.06. The average Bonchev–Trinajstić information content (AvgIpc) is 1.61. The summed E-state index contributed by atoms with van der Waals surface area (Å²) in [6.07, 6.45) is 1.06. The van der Waals surface area contributed by atoms with Crippen LogP contribution >= 0.6 is 31.9 Å². The molecule has 0 atom stereocenters. The maximum absolute atomic E-state index is 5.02. The van der Waals surface area contributed by atoms with Crippen molar-refractivity contribution in [1.29, 1.82) is 0 Å². The summed E-state index contributed by atoms with van der Waals surface area (Å²) >= 11 is 6.34. The summed E-state index contributed by atoms with van der Waals surface area (Å²) < 4.78 is 5.05. The summed E-state index contributed by atoms with van der Waals surface area (Å²) in [6, 6.07) is 0. The van der Waals surface area contributed by atoms with Crippen LogP contribution in [-0.4, -0.2) is 10.5 Å². The molecule has 0 radical (unpaired) electrons. The maximum atomic E-state index is 5.02. The maximum Gasteiger partial charge on any atom is 0.167 e. The van der Waals surface area contributed by atoms with Crippen molar-refractivity contribution in [1.82, 2.24) is 0 Å². The second-order valence-electron chi connectivity index (χ2n) is 1.13. The summed E-state index contributed by atoms with van der Waals surface area (Å²) in [5.41, 5.74) is 0. The molecular weight excluding hydrogens is 224 g/mol. The molecular formula is C4H8Br2O. The van der Waals surface area contributed by atoms with E-state index in [4.69, 9.17) is 4.74 Å². The largest absolute Gasteiger partial charge is 0.356 e. The minimum Gasteiger partial charge on any atom is -0.356 e. The highest BCUT2D eigenvalue weighted by Gasteiger charge is 1.91. The Bertz CT molecular complexity index is 38.7. The Kier molecular flexibility index (Phi) is 5.73. The molecule has 0 N–H and O–H groups in total. The smallest absolute Gasteiger partial charge is 0.167 e.